The predicted molar refractivity (Wildman–Crippen MR) is 68.1 cm³/mol. The standard InChI is InChI=1S/C12H16O2.C2H6O/c1-13-9-11-7-8-12(14-11)10-5-3-2-4-6-10;1-3-2/h2-6,11-12H,7-9H2,1H3;1-2H3. The summed E-state index contributed by atoms with van der Waals surface area (Å²) in [5.41, 5.74) is 1.28. The molecule has 0 aromatic heterocycles. The molecule has 1 aromatic carbocycles. The maximum Gasteiger partial charge on any atom is 0.0830 e. The molecular weight excluding hydrogens is 216 g/mol. The van der Waals surface area contributed by atoms with Crippen LogP contribution in [0.15, 0.2) is 30.3 Å². The van der Waals surface area contributed by atoms with E-state index in [2.05, 4.69) is 29.0 Å². The van der Waals surface area contributed by atoms with Crippen molar-refractivity contribution in [1.29, 1.82) is 0 Å². The fourth-order valence-electron chi connectivity index (χ4n) is 1.93. The molecule has 1 saturated heterocycles. The molecule has 2 unspecified atom stereocenters. The zero-order chi connectivity index (χ0) is 12.5. The van der Waals surface area contributed by atoms with Gasteiger partial charge in [-0.05, 0) is 18.4 Å². The van der Waals surface area contributed by atoms with Gasteiger partial charge in [-0.25, -0.2) is 0 Å². The van der Waals surface area contributed by atoms with Gasteiger partial charge in [-0.15, -0.1) is 0 Å². The largest absolute Gasteiger partial charge is 0.388 e. The highest BCUT2D eigenvalue weighted by Crippen LogP contribution is 2.32. The van der Waals surface area contributed by atoms with Gasteiger partial charge in [0.05, 0.1) is 18.8 Å². The van der Waals surface area contributed by atoms with Crippen LogP contribution >= 0.6 is 0 Å². The van der Waals surface area contributed by atoms with Crippen molar-refractivity contribution in [2.45, 2.75) is 25.0 Å². The first kappa shape index (κ1) is 14.2. The molecule has 0 radical (unpaired) electrons. The lowest BCUT2D eigenvalue weighted by Crippen LogP contribution is -2.13. The number of methoxy groups -OCH3 is 2. The molecule has 0 saturated carbocycles. The molecule has 3 heteroatoms. The van der Waals surface area contributed by atoms with Gasteiger partial charge in [-0.1, -0.05) is 30.3 Å². The van der Waals surface area contributed by atoms with Gasteiger partial charge in [0.1, 0.15) is 0 Å². The minimum atomic E-state index is 0.274. The molecule has 0 N–H and O–H groups in total. The first-order valence-corrected chi connectivity index (χ1v) is 5.91. The number of hydrogen-bond acceptors (Lipinski definition) is 3. The Morgan fingerprint density at radius 3 is 2.35 bits per heavy atom. The predicted octanol–water partition coefficient (Wildman–Crippen LogP) is 2.82. The Morgan fingerprint density at radius 1 is 1.12 bits per heavy atom. The van der Waals surface area contributed by atoms with Crippen molar-refractivity contribution in [3.8, 4) is 0 Å². The summed E-state index contributed by atoms with van der Waals surface area (Å²) in [6, 6.07) is 10.4. The Morgan fingerprint density at radius 2 is 1.76 bits per heavy atom. The number of ether oxygens (including phenoxy) is 3. The highest BCUT2D eigenvalue weighted by Gasteiger charge is 2.25. The second kappa shape index (κ2) is 8.23. The van der Waals surface area contributed by atoms with Gasteiger partial charge >= 0.3 is 0 Å². The van der Waals surface area contributed by atoms with E-state index < -0.39 is 0 Å². The minimum absolute atomic E-state index is 0.274. The first-order valence-electron chi connectivity index (χ1n) is 5.91. The highest BCUT2D eigenvalue weighted by atomic mass is 16.5. The molecule has 1 aliphatic rings. The second-order valence-corrected chi connectivity index (χ2v) is 4.10. The van der Waals surface area contributed by atoms with Crippen LogP contribution in [0.1, 0.15) is 24.5 Å². The van der Waals surface area contributed by atoms with Crippen LogP contribution in [0.4, 0.5) is 0 Å². The summed E-state index contributed by atoms with van der Waals surface area (Å²) < 4.78 is 15.2. The van der Waals surface area contributed by atoms with E-state index in [1.54, 1.807) is 21.3 Å². The number of hydrogen-bond donors (Lipinski definition) is 0. The molecule has 2 atom stereocenters. The van der Waals surface area contributed by atoms with Crippen LogP contribution < -0.4 is 0 Å². The molecular formula is C14H22O3. The summed E-state index contributed by atoms with van der Waals surface area (Å²) in [4.78, 5) is 0. The summed E-state index contributed by atoms with van der Waals surface area (Å²) in [5.74, 6) is 0. The van der Waals surface area contributed by atoms with Gasteiger partial charge in [0.15, 0.2) is 0 Å². The van der Waals surface area contributed by atoms with E-state index in [0.717, 1.165) is 12.8 Å². The van der Waals surface area contributed by atoms with Crippen LogP contribution in [0, 0.1) is 0 Å². The lowest BCUT2D eigenvalue weighted by molar-refractivity contribution is -0.00220. The van der Waals surface area contributed by atoms with E-state index >= 15 is 0 Å². The molecule has 1 fully saturated rings. The van der Waals surface area contributed by atoms with Gasteiger partial charge in [0, 0.05) is 21.3 Å². The minimum Gasteiger partial charge on any atom is -0.388 e. The third-order valence-corrected chi connectivity index (χ3v) is 2.63. The van der Waals surface area contributed by atoms with E-state index in [0.29, 0.717) is 6.61 Å². The van der Waals surface area contributed by atoms with E-state index in [1.165, 1.54) is 5.56 Å². The van der Waals surface area contributed by atoms with Crippen molar-refractivity contribution in [1.82, 2.24) is 0 Å². The van der Waals surface area contributed by atoms with Crippen molar-refractivity contribution in [2.24, 2.45) is 0 Å². The second-order valence-electron chi connectivity index (χ2n) is 4.10. The fourth-order valence-corrected chi connectivity index (χ4v) is 1.93. The Kier molecular flexibility index (Phi) is 6.86. The van der Waals surface area contributed by atoms with E-state index in [4.69, 9.17) is 9.47 Å². The van der Waals surface area contributed by atoms with E-state index in [9.17, 15) is 0 Å². The monoisotopic (exact) mass is 238 g/mol. The van der Waals surface area contributed by atoms with Gasteiger partial charge in [0.2, 0.25) is 0 Å². The molecule has 17 heavy (non-hydrogen) atoms. The van der Waals surface area contributed by atoms with Gasteiger partial charge in [-0.2, -0.15) is 0 Å². The number of rotatable bonds is 3. The Labute approximate surface area is 104 Å². The van der Waals surface area contributed by atoms with Gasteiger partial charge in [0.25, 0.3) is 0 Å². The summed E-state index contributed by atoms with van der Waals surface area (Å²) in [7, 11) is 4.97. The molecule has 1 aliphatic heterocycles. The molecule has 1 heterocycles. The fraction of sp³-hybridized carbons (Fsp3) is 0.571. The first-order chi connectivity index (χ1) is 8.31. The SMILES string of the molecule is COC.COCC1CCC(c2ccccc2)O1. The molecule has 3 nitrogen and oxygen atoms in total. The molecule has 96 valence electrons. The van der Waals surface area contributed by atoms with Crippen LogP contribution in [0.3, 0.4) is 0 Å². The van der Waals surface area contributed by atoms with Crippen LogP contribution in [0.25, 0.3) is 0 Å². The van der Waals surface area contributed by atoms with Crippen molar-refractivity contribution >= 4 is 0 Å². The molecule has 0 aliphatic carbocycles. The lowest BCUT2D eigenvalue weighted by atomic mass is 10.1. The van der Waals surface area contributed by atoms with E-state index in [1.807, 2.05) is 6.07 Å². The van der Waals surface area contributed by atoms with Crippen molar-refractivity contribution < 1.29 is 14.2 Å². The van der Waals surface area contributed by atoms with Crippen molar-refractivity contribution in [3.05, 3.63) is 35.9 Å². The summed E-state index contributed by atoms with van der Waals surface area (Å²) >= 11 is 0. The topological polar surface area (TPSA) is 27.7 Å². The Hall–Kier alpha value is -0.900. The van der Waals surface area contributed by atoms with Crippen LogP contribution in [-0.2, 0) is 14.2 Å². The van der Waals surface area contributed by atoms with Crippen LogP contribution in [-0.4, -0.2) is 34.0 Å². The molecule has 0 bridgehead atoms. The van der Waals surface area contributed by atoms with E-state index in [-0.39, 0.29) is 12.2 Å². The average molecular weight is 238 g/mol. The van der Waals surface area contributed by atoms with Gasteiger partial charge < -0.3 is 14.2 Å². The zero-order valence-electron chi connectivity index (χ0n) is 10.9. The Balaban J connectivity index is 0.000000437. The molecule has 1 aromatic rings. The van der Waals surface area contributed by atoms with Crippen molar-refractivity contribution in [3.63, 3.8) is 0 Å². The third kappa shape index (κ3) is 4.86. The maximum atomic E-state index is 5.86. The normalized spacial score (nSPS) is 23.0. The van der Waals surface area contributed by atoms with Crippen molar-refractivity contribution in [2.75, 3.05) is 27.9 Å². The molecule has 0 spiro atoms. The van der Waals surface area contributed by atoms with Crippen LogP contribution in [0.5, 0.6) is 0 Å². The third-order valence-electron chi connectivity index (χ3n) is 2.63. The lowest BCUT2D eigenvalue weighted by Gasteiger charge is -2.12. The summed E-state index contributed by atoms with van der Waals surface area (Å²) in [6.07, 6.45) is 2.77. The summed E-state index contributed by atoms with van der Waals surface area (Å²) in [5, 5.41) is 0. The maximum absolute atomic E-state index is 5.86. The number of benzene rings is 1. The zero-order valence-corrected chi connectivity index (χ0v) is 10.9. The van der Waals surface area contributed by atoms with Crippen LogP contribution in [0.2, 0.25) is 0 Å². The van der Waals surface area contributed by atoms with Gasteiger partial charge in [-0.3, -0.25) is 0 Å². The quantitative estimate of drug-likeness (QED) is 0.810. The molecule has 0 amide bonds. The summed E-state index contributed by atoms with van der Waals surface area (Å²) in [6.45, 7) is 0.712. The smallest absolute Gasteiger partial charge is 0.0830 e. The average Bonchev–Trinajstić information content (AvgIpc) is 2.80. The Bertz CT molecular complexity index is 287. The highest BCUT2D eigenvalue weighted by molar-refractivity contribution is 5.18. The molecule has 2 rings (SSSR count).